The van der Waals surface area contributed by atoms with Crippen molar-refractivity contribution in [3.05, 3.63) is 113 Å². The molecule has 0 unspecified atom stereocenters. The first kappa shape index (κ1) is 19.9. The Kier molecular flexibility index (Phi) is 5.91. The lowest BCUT2D eigenvalue weighted by atomic mass is 10.2. The number of halogens is 2. The molecule has 0 atom stereocenters. The van der Waals surface area contributed by atoms with Crippen molar-refractivity contribution in [2.75, 3.05) is 5.01 Å². The molecule has 4 rings (SSSR count). The third-order valence-corrected chi connectivity index (χ3v) is 5.04. The van der Waals surface area contributed by atoms with E-state index in [-0.39, 0.29) is 5.82 Å². The van der Waals surface area contributed by atoms with Gasteiger partial charge in [0.1, 0.15) is 11.0 Å². The van der Waals surface area contributed by atoms with Crippen LogP contribution >= 0.6 is 11.6 Å². The monoisotopic (exact) mass is 418 g/mol. The number of para-hydroxylation sites is 1. The first-order valence-electron chi connectivity index (χ1n) is 9.53. The van der Waals surface area contributed by atoms with Gasteiger partial charge in [-0.05, 0) is 48.9 Å². The smallest absolute Gasteiger partial charge is 0.142 e. The van der Waals surface area contributed by atoms with E-state index in [0.717, 1.165) is 22.5 Å². The minimum atomic E-state index is -0.306. The SMILES string of the molecule is Cc1nn(-c2ccc(F)cc2)c(Cl)c1/C=N/N(Cc1ccccc1)c1ccccc1. The third-order valence-electron chi connectivity index (χ3n) is 4.67. The van der Waals surface area contributed by atoms with Gasteiger partial charge in [0.25, 0.3) is 0 Å². The van der Waals surface area contributed by atoms with Crippen LogP contribution < -0.4 is 5.01 Å². The number of aromatic nitrogens is 2. The van der Waals surface area contributed by atoms with Crippen molar-refractivity contribution in [2.45, 2.75) is 13.5 Å². The standard InChI is InChI=1S/C24H20ClFN4/c1-18-23(24(25)30(28-18)22-14-12-20(26)13-15-22)16-27-29(21-10-6-3-7-11-21)17-19-8-4-2-5-9-19/h2-16H,17H2,1H3/b27-16+. The van der Waals surface area contributed by atoms with Gasteiger partial charge in [0, 0.05) is 0 Å². The summed E-state index contributed by atoms with van der Waals surface area (Å²) in [5.74, 6) is -0.306. The van der Waals surface area contributed by atoms with Crippen molar-refractivity contribution in [2.24, 2.45) is 5.10 Å². The quantitative estimate of drug-likeness (QED) is 0.283. The molecule has 0 saturated carbocycles. The van der Waals surface area contributed by atoms with Crippen molar-refractivity contribution in [1.29, 1.82) is 0 Å². The highest BCUT2D eigenvalue weighted by atomic mass is 35.5. The normalized spacial score (nSPS) is 11.2. The fourth-order valence-electron chi connectivity index (χ4n) is 3.09. The Morgan fingerprint density at radius 1 is 0.967 bits per heavy atom. The zero-order valence-corrected chi connectivity index (χ0v) is 17.2. The van der Waals surface area contributed by atoms with Gasteiger partial charge < -0.3 is 0 Å². The largest absolute Gasteiger partial charge is 0.261 e. The molecule has 30 heavy (non-hydrogen) atoms. The Hall–Kier alpha value is -3.44. The first-order valence-corrected chi connectivity index (χ1v) is 9.91. The molecule has 4 nitrogen and oxygen atoms in total. The predicted molar refractivity (Wildman–Crippen MR) is 120 cm³/mol. The van der Waals surface area contributed by atoms with Gasteiger partial charge in [-0.15, -0.1) is 0 Å². The average Bonchev–Trinajstić information content (AvgIpc) is 3.06. The summed E-state index contributed by atoms with van der Waals surface area (Å²) in [4.78, 5) is 0. The van der Waals surface area contributed by atoms with Gasteiger partial charge in [0.15, 0.2) is 0 Å². The molecule has 150 valence electrons. The second kappa shape index (κ2) is 8.93. The number of benzene rings is 3. The second-order valence-electron chi connectivity index (χ2n) is 6.80. The van der Waals surface area contributed by atoms with Crippen LogP contribution in [0.2, 0.25) is 5.15 Å². The summed E-state index contributed by atoms with van der Waals surface area (Å²) in [6.07, 6.45) is 1.72. The minimum Gasteiger partial charge on any atom is -0.261 e. The molecule has 0 saturated heterocycles. The van der Waals surface area contributed by atoms with E-state index >= 15 is 0 Å². The molecule has 0 aliphatic rings. The molecule has 1 aromatic heterocycles. The fourth-order valence-corrected chi connectivity index (χ4v) is 3.41. The molecule has 0 amide bonds. The van der Waals surface area contributed by atoms with Crippen LogP contribution in [0.3, 0.4) is 0 Å². The van der Waals surface area contributed by atoms with Crippen LogP contribution in [0.25, 0.3) is 5.69 Å². The molecule has 0 fully saturated rings. The summed E-state index contributed by atoms with van der Waals surface area (Å²) in [7, 11) is 0. The summed E-state index contributed by atoms with van der Waals surface area (Å²) >= 11 is 6.59. The molecule has 4 aromatic rings. The third kappa shape index (κ3) is 4.42. The molecular weight excluding hydrogens is 399 g/mol. The highest BCUT2D eigenvalue weighted by Gasteiger charge is 2.14. The Labute approximate surface area is 179 Å². The predicted octanol–water partition coefficient (Wildman–Crippen LogP) is 6.01. The summed E-state index contributed by atoms with van der Waals surface area (Å²) in [6, 6.07) is 26.1. The molecule has 0 N–H and O–H groups in total. The average molecular weight is 419 g/mol. The highest BCUT2D eigenvalue weighted by Crippen LogP contribution is 2.23. The van der Waals surface area contributed by atoms with Gasteiger partial charge in [-0.2, -0.15) is 10.2 Å². The van der Waals surface area contributed by atoms with E-state index in [2.05, 4.69) is 17.2 Å². The zero-order valence-electron chi connectivity index (χ0n) is 16.4. The van der Waals surface area contributed by atoms with Gasteiger partial charge in [-0.3, -0.25) is 5.01 Å². The molecule has 0 aliphatic heterocycles. The second-order valence-corrected chi connectivity index (χ2v) is 7.16. The van der Waals surface area contributed by atoms with Gasteiger partial charge >= 0.3 is 0 Å². The van der Waals surface area contributed by atoms with Crippen molar-refractivity contribution < 1.29 is 4.39 Å². The van der Waals surface area contributed by atoms with Gasteiger partial charge in [0.2, 0.25) is 0 Å². The van der Waals surface area contributed by atoms with Crippen LogP contribution in [0.15, 0.2) is 90.0 Å². The summed E-state index contributed by atoms with van der Waals surface area (Å²) in [5, 5.41) is 11.6. The van der Waals surface area contributed by atoms with E-state index in [4.69, 9.17) is 16.7 Å². The van der Waals surface area contributed by atoms with Crippen LogP contribution in [0.1, 0.15) is 16.8 Å². The number of rotatable bonds is 6. The number of hydrogen-bond acceptors (Lipinski definition) is 3. The summed E-state index contributed by atoms with van der Waals surface area (Å²) in [5.41, 5.74) is 4.25. The molecule has 0 radical (unpaired) electrons. The van der Waals surface area contributed by atoms with E-state index in [1.54, 1.807) is 23.0 Å². The maximum absolute atomic E-state index is 13.2. The number of hydrogen-bond donors (Lipinski definition) is 0. The van der Waals surface area contributed by atoms with Crippen LogP contribution in [-0.2, 0) is 6.54 Å². The number of nitrogens with zero attached hydrogens (tertiary/aromatic N) is 4. The van der Waals surface area contributed by atoms with Crippen molar-refractivity contribution in [3.63, 3.8) is 0 Å². The molecule has 3 aromatic carbocycles. The lowest BCUT2D eigenvalue weighted by Gasteiger charge is -2.19. The van der Waals surface area contributed by atoms with Crippen molar-refractivity contribution in [1.82, 2.24) is 9.78 Å². The fraction of sp³-hybridized carbons (Fsp3) is 0.0833. The summed E-state index contributed by atoms with van der Waals surface area (Å²) < 4.78 is 14.8. The highest BCUT2D eigenvalue weighted by molar-refractivity contribution is 6.32. The van der Waals surface area contributed by atoms with Crippen molar-refractivity contribution >= 4 is 23.5 Å². The van der Waals surface area contributed by atoms with Crippen LogP contribution in [-0.4, -0.2) is 16.0 Å². The number of anilines is 1. The molecule has 6 heteroatoms. The van der Waals surface area contributed by atoms with E-state index in [1.807, 2.05) is 60.5 Å². The van der Waals surface area contributed by atoms with Gasteiger partial charge in [0.05, 0.1) is 35.4 Å². The number of hydrazone groups is 1. The molecule has 0 spiro atoms. The maximum atomic E-state index is 13.2. The molecule has 1 heterocycles. The Morgan fingerprint density at radius 3 is 2.27 bits per heavy atom. The zero-order chi connectivity index (χ0) is 20.9. The Morgan fingerprint density at radius 2 is 1.60 bits per heavy atom. The Balaban J connectivity index is 1.66. The molecular formula is C24H20ClFN4. The van der Waals surface area contributed by atoms with E-state index in [1.165, 1.54) is 12.1 Å². The van der Waals surface area contributed by atoms with E-state index < -0.39 is 0 Å². The number of aryl methyl sites for hydroxylation is 1. The molecule has 0 bridgehead atoms. The topological polar surface area (TPSA) is 33.4 Å². The molecule has 0 aliphatic carbocycles. The van der Waals surface area contributed by atoms with Crippen molar-refractivity contribution in [3.8, 4) is 5.69 Å². The van der Waals surface area contributed by atoms with Crippen LogP contribution in [0.5, 0.6) is 0 Å². The van der Waals surface area contributed by atoms with E-state index in [0.29, 0.717) is 17.4 Å². The first-order chi connectivity index (χ1) is 14.6. The van der Waals surface area contributed by atoms with Gasteiger partial charge in [-0.25, -0.2) is 9.07 Å². The van der Waals surface area contributed by atoms with Crippen LogP contribution in [0.4, 0.5) is 10.1 Å². The lowest BCUT2D eigenvalue weighted by Crippen LogP contribution is -2.16. The minimum absolute atomic E-state index is 0.306. The Bertz CT molecular complexity index is 1140. The van der Waals surface area contributed by atoms with Gasteiger partial charge in [-0.1, -0.05) is 60.1 Å². The van der Waals surface area contributed by atoms with E-state index in [9.17, 15) is 4.39 Å². The lowest BCUT2D eigenvalue weighted by molar-refractivity contribution is 0.627. The summed E-state index contributed by atoms with van der Waals surface area (Å²) in [6.45, 7) is 2.49. The van der Waals surface area contributed by atoms with Crippen LogP contribution in [0, 0.1) is 12.7 Å². The maximum Gasteiger partial charge on any atom is 0.142 e.